The van der Waals surface area contributed by atoms with Gasteiger partial charge >= 0.3 is 6.18 Å². The molecule has 2 N–H and O–H groups in total. The normalized spacial score (nSPS) is 12.0. The van der Waals surface area contributed by atoms with Crippen molar-refractivity contribution < 1.29 is 31.1 Å². The predicted octanol–water partition coefficient (Wildman–Crippen LogP) is 4.88. The molecule has 0 aliphatic rings. The van der Waals surface area contributed by atoms with Crippen LogP contribution in [0.1, 0.15) is 5.56 Å². The Morgan fingerprint density at radius 3 is 2.18 bits per heavy atom. The Morgan fingerprint density at radius 2 is 1.61 bits per heavy atom. The highest BCUT2D eigenvalue weighted by atomic mass is 32.2. The molecule has 0 atom stereocenters. The number of rotatable bonds is 5. The van der Waals surface area contributed by atoms with Crippen molar-refractivity contribution in [2.75, 3.05) is 7.11 Å². The second-order valence-electron chi connectivity index (χ2n) is 5.65. The fourth-order valence-electron chi connectivity index (χ4n) is 2.49. The van der Waals surface area contributed by atoms with Crippen molar-refractivity contribution in [2.24, 2.45) is 5.14 Å². The van der Waals surface area contributed by atoms with E-state index < -0.39 is 21.8 Å². The van der Waals surface area contributed by atoms with Crippen molar-refractivity contribution in [3.8, 4) is 28.4 Å². The molecule has 1 heterocycles. The van der Waals surface area contributed by atoms with Crippen molar-refractivity contribution >= 4 is 21.4 Å². The molecule has 0 spiro atoms. The Kier molecular flexibility index (Phi) is 5.37. The molecule has 0 aliphatic carbocycles. The minimum Gasteiger partial charge on any atom is -0.497 e. The van der Waals surface area contributed by atoms with Crippen LogP contribution in [0.2, 0.25) is 0 Å². The number of benzene rings is 2. The van der Waals surface area contributed by atoms with Crippen LogP contribution in [-0.4, -0.2) is 15.5 Å². The van der Waals surface area contributed by atoms with Gasteiger partial charge in [0.25, 0.3) is 0 Å². The molecule has 0 amide bonds. The zero-order valence-corrected chi connectivity index (χ0v) is 16.0. The van der Waals surface area contributed by atoms with E-state index in [2.05, 4.69) is 0 Å². The Bertz CT molecular complexity index is 1090. The largest absolute Gasteiger partial charge is 0.497 e. The Hall–Kier alpha value is -2.56. The minimum absolute atomic E-state index is 0.0316. The van der Waals surface area contributed by atoms with Crippen LogP contribution in [0.3, 0.4) is 0 Å². The molecule has 0 bridgehead atoms. The van der Waals surface area contributed by atoms with Gasteiger partial charge in [0.2, 0.25) is 10.0 Å². The first-order chi connectivity index (χ1) is 13.1. The highest BCUT2D eigenvalue weighted by Gasteiger charge is 2.32. The van der Waals surface area contributed by atoms with Gasteiger partial charge in [0.1, 0.15) is 21.5 Å². The van der Waals surface area contributed by atoms with Gasteiger partial charge in [-0.05, 0) is 53.9 Å². The lowest BCUT2D eigenvalue weighted by atomic mass is 10.0. The molecule has 0 saturated heterocycles. The second-order valence-corrected chi connectivity index (χ2v) is 8.33. The average Bonchev–Trinajstić information content (AvgIpc) is 3.12. The van der Waals surface area contributed by atoms with Crippen molar-refractivity contribution in [1.29, 1.82) is 0 Å². The maximum atomic E-state index is 13.2. The number of ether oxygens (including phenoxy) is 2. The predicted molar refractivity (Wildman–Crippen MR) is 99.2 cm³/mol. The topological polar surface area (TPSA) is 78.6 Å². The van der Waals surface area contributed by atoms with E-state index in [4.69, 9.17) is 14.6 Å². The number of alkyl halides is 3. The van der Waals surface area contributed by atoms with Crippen LogP contribution in [0, 0.1) is 0 Å². The van der Waals surface area contributed by atoms with Crippen molar-refractivity contribution in [1.82, 2.24) is 0 Å². The molecule has 3 rings (SSSR count). The highest BCUT2D eigenvalue weighted by molar-refractivity contribution is 7.91. The fraction of sp³-hybridized carbons (Fsp3) is 0.111. The lowest BCUT2D eigenvalue weighted by Gasteiger charge is -2.15. The zero-order chi connectivity index (χ0) is 20.5. The summed E-state index contributed by atoms with van der Waals surface area (Å²) in [6.07, 6.45) is -4.61. The van der Waals surface area contributed by atoms with Gasteiger partial charge in [-0.25, -0.2) is 13.6 Å². The molecule has 28 heavy (non-hydrogen) atoms. The first kappa shape index (κ1) is 20.2. The molecule has 0 unspecified atom stereocenters. The van der Waals surface area contributed by atoms with Gasteiger partial charge in [0.05, 0.1) is 12.7 Å². The van der Waals surface area contributed by atoms with E-state index in [1.54, 1.807) is 24.3 Å². The Morgan fingerprint density at radius 1 is 0.964 bits per heavy atom. The lowest BCUT2D eigenvalue weighted by Crippen LogP contribution is -2.11. The SMILES string of the molecule is COc1ccc(Oc2ccc(C(F)(F)F)cc2-c2ccsc2S(N)(=O)=O)cc1. The minimum atomic E-state index is -4.61. The summed E-state index contributed by atoms with van der Waals surface area (Å²) in [6.45, 7) is 0. The summed E-state index contributed by atoms with van der Waals surface area (Å²) < 4.78 is 73.7. The maximum Gasteiger partial charge on any atom is 0.416 e. The molecular weight excluding hydrogens is 415 g/mol. The van der Waals surface area contributed by atoms with Gasteiger partial charge < -0.3 is 9.47 Å². The summed E-state index contributed by atoms with van der Waals surface area (Å²) in [6, 6.07) is 10.6. The lowest BCUT2D eigenvalue weighted by molar-refractivity contribution is -0.137. The van der Waals surface area contributed by atoms with Crippen LogP contribution in [0.5, 0.6) is 17.2 Å². The number of sulfonamides is 1. The first-order valence-corrected chi connectivity index (χ1v) is 10.2. The van der Waals surface area contributed by atoms with Crippen molar-refractivity contribution in [3.63, 3.8) is 0 Å². The van der Waals surface area contributed by atoms with Crippen LogP contribution in [0.25, 0.3) is 11.1 Å². The molecule has 10 heteroatoms. The molecule has 0 fully saturated rings. The highest BCUT2D eigenvalue weighted by Crippen LogP contribution is 2.42. The molecule has 3 aromatic rings. The number of methoxy groups -OCH3 is 1. The van der Waals surface area contributed by atoms with E-state index in [9.17, 15) is 21.6 Å². The molecule has 0 saturated carbocycles. The standard InChI is InChI=1S/C18H14F3NO4S2/c1-25-12-3-5-13(6-4-12)26-16-7-2-11(18(19,20)21)10-15(16)14-8-9-27-17(14)28(22,23)24/h2-10H,1H3,(H2,22,23,24). The number of primary sulfonamides is 1. The summed E-state index contributed by atoms with van der Waals surface area (Å²) in [7, 11) is -2.62. The third-order valence-corrected chi connectivity index (χ3v) is 6.20. The van der Waals surface area contributed by atoms with Gasteiger partial charge in [-0.15, -0.1) is 11.3 Å². The third kappa shape index (κ3) is 4.29. The number of halogens is 3. The summed E-state index contributed by atoms with van der Waals surface area (Å²) in [5.74, 6) is 0.977. The monoisotopic (exact) mass is 429 g/mol. The van der Waals surface area contributed by atoms with E-state index in [-0.39, 0.29) is 21.1 Å². The fourth-order valence-corrected chi connectivity index (χ4v) is 4.31. The molecule has 2 aromatic carbocycles. The van der Waals surface area contributed by atoms with Gasteiger partial charge in [-0.2, -0.15) is 13.2 Å². The van der Waals surface area contributed by atoms with Crippen LogP contribution in [-0.2, 0) is 16.2 Å². The molecule has 0 radical (unpaired) electrons. The van der Waals surface area contributed by atoms with Crippen LogP contribution < -0.4 is 14.6 Å². The quantitative estimate of drug-likeness (QED) is 0.627. The molecule has 148 valence electrons. The van der Waals surface area contributed by atoms with E-state index in [0.29, 0.717) is 11.5 Å². The van der Waals surface area contributed by atoms with Crippen molar-refractivity contribution in [3.05, 3.63) is 59.5 Å². The van der Waals surface area contributed by atoms with Crippen LogP contribution in [0.4, 0.5) is 13.2 Å². The summed E-state index contributed by atoms with van der Waals surface area (Å²) in [5.41, 5.74) is -0.922. The summed E-state index contributed by atoms with van der Waals surface area (Å²) in [4.78, 5) is 0. The van der Waals surface area contributed by atoms with Gasteiger partial charge in [0, 0.05) is 11.1 Å². The number of nitrogens with two attached hydrogens (primary N) is 1. The van der Waals surface area contributed by atoms with E-state index >= 15 is 0 Å². The van der Waals surface area contributed by atoms with Gasteiger partial charge in [-0.1, -0.05) is 0 Å². The first-order valence-electron chi connectivity index (χ1n) is 7.73. The molecule has 0 aliphatic heterocycles. The molecular formula is C18H14F3NO4S2. The number of hydrogen-bond acceptors (Lipinski definition) is 5. The van der Waals surface area contributed by atoms with Crippen LogP contribution in [0.15, 0.2) is 58.1 Å². The maximum absolute atomic E-state index is 13.2. The Labute approximate surface area is 163 Å². The molecule has 5 nitrogen and oxygen atoms in total. The van der Waals surface area contributed by atoms with Crippen molar-refractivity contribution in [2.45, 2.75) is 10.4 Å². The third-order valence-electron chi connectivity index (χ3n) is 3.77. The second kappa shape index (κ2) is 7.46. The summed E-state index contributed by atoms with van der Waals surface area (Å²) >= 11 is 0.818. The smallest absolute Gasteiger partial charge is 0.416 e. The number of thiophene rings is 1. The zero-order valence-electron chi connectivity index (χ0n) is 14.4. The van der Waals surface area contributed by atoms with Crippen LogP contribution >= 0.6 is 11.3 Å². The van der Waals surface area contributed by atoms with E-state index in [1.165, 1.54) is 18.6 Å². The van der Waals surface area contributed by atoms with Gasteiger partial charge in [0.15, 0.2) is 0 Å². The molecule has 1 aromatic heterocycles. The Balaban J connectivity index is 2.13. The van der Waals surface area contributed by atoms with E-state index in [1.807, 2.05) is 0 Å². The average molecular weight is 429 g/mol. The number of hydrogen-bond donors (Lipinski definition) is 1. The summed E-state index contributed by atoms with van der Waals surface area (Å²) in [5, 5.41) is 6.64. The van der Waals surface area contributed by atoms with E-state index in [0.717, 1.165) is 29.5 Å². The van der Waals surface area contributed by atoms with Gasteiger partial charge in [-0.3, -0.25) is 0 Å².